The molecule has 8 heteroatoms. The van der Waals surface area contributed by atoms with Crippen molar-refractivity contribution >= 4 is 24.8 Å². The molecule has 0 saturated heterocycles. The summed E-state index contributed by atoms with van der Waals surface area (Å²) < 4.78 is 32.1. The molecule has 0 aromatic heterocycles. The van der Waals surface area contributed by atoms with Gasteiger partial charge in [0, 0.05) is 5.56 Å². The van der Waals surface area contributed by atoms with Gasteiger partial charge in [-0.05, 0) is 31.2 Å². The zero-order valence-corrected chi connectivity index (χ0v) is 11.9. The summed E-state index contributed by atoms with van der Waals surface area (Å²) in [7, 11) is -1.28. The second-order valence-electron chi connectivity index (χ2n) is 4.61. The van der Waals surface area contributed by atoms with E-state index in [1.807, 2.05) is 0 Å². The fourth-order valence-electron chi connectivity index (χ4n) is 2.16. The number of hydrogen-bond donors (Lipinski definition) is 2. The number of nitrogens with one attached hydrogen (secondary N) is 1. The van der Waals surface area contributed by atoms with Gasteiger partial charge in [0.15, 0.2) is 11.6 Å². The van der Waals surface area contributed by atoms with Crippen molar-refractivity contribution in [1.29, 1.82) is 0 Å². The van der Waals surface area contributed by atoms with Crippen molar-refractivity contribution < 1.29 is 23.3 Å². The first-order chi connectivity index (χ1) is 9.43. The van der Waals surface area contributed by atoms with E-state index in [4.69, 9.17) is 4.65 Å². The Hall–Kier alpha value is -1.28. The van der Waals surface area contributed by atoms with Crippen LogP contribution in [0.5, 0.6) is 5.75 Å². The molecule has 0 aliphatic carbocycles. The van der Waals surface area contributed by atoms with Gasteiger partial charge in [-0.1, -0.05) is 0 Å². The SMILES string of the molecule is CSCC(=O)N[C@H]1Cc2cc(F)c(F)c(C)c2OB1O. The molecule has 1 aliphatic rings. The molecule has 2 N–H and O–H groups in total. The highest BCUT2D eigenvalue weighted by molar-refractivity contribution is 7.99. The number of amides is 1. The smallest absolute Gasteiger partial charge is 0.534 e. The van der Waals surface area contributed by atoms with E-state index in [0.29, 0.717) is 5.56 Å². The first kappa shape index (κ1) is 15.1. The van der Waals surface area contributed by atoms with Crippen LogP contribution in [-0.2, 0) is 11.2 Å². The molecule has 0 unspecified atom stereocenters. The van der Waals surface area contributed by atoms with Crippen LogP contribution in [0.4, 0.5) is 8.78 Å². The molecule has 0 fully saturated rings. The van der Waals surface area contributed by atoms with Crippen LogP contribution in [0, 0.1) is 18.6 Å². The lowest BCUT2D eigenvalue weighted by Crippen LogP contribution is -2.53. The maximum atomic E-state index is 13.4. The third-order valence-electron chi connectivity index (χ3n) is 3.12. The van der Waals surface area contributed by atoms with Gasteiger partial charge < -0.3 is 15.0 Å². The van der Waals surface area contributed by atoms with Gasteiger partial charge in [-0.2, -0.15) is 11.8 Å². The Balaban J connectivity index is 2.23. The molecule has 1 aromatic carbocycles. The van der Waals surface area contributed by atoms with Crippen molar-refractivity contribution in [1.82, 2.24) is 5.32 Å². The summed E-state index contributed by atoms with van der Waals surface area (Å²) in [6, 6.07) is 1.04. The lowest BCUT2D eigenvalue weighted by Gasteiger charge is -2.29. The van der Waals surface area contributed by atoms with Crippen LogP contribution in [0.25, 0.3) is 0 Å². The second kappa shape index (κ2) is 6.01. The zero-order valence-electron chi connectivity index (χ0n) is 11.1. The van der Waals surface area contributed by atoms with E-state index in [1.165, 1.54) is 18.7 Å². The topological polar surface area (TPSA) is 58.6 Å². The monoisotopic (exact) mass is 301 g/mol. The summed E-state index contributed by atoms with van der Waals surface area (Å²) in [6.07, 6.45) is 1.97. The standard InChI is InChI=1S/C12H14BF2NO3S/c1-6-11(15)8(14)3-7-4-9(13(18)19-12(6)7)16-10(17)5-20-2/h3,9,18H,4-5H2,1-2H3,(H,16,17)/t9-/m0/s1. The van der Waals surface area contributed by atoms with Crippen molar-refractivity contribution in [3.63, 3.8) is 0 Å². The summed E-state index contributed by atoms with van der Waals surface area (Å²) in [6.45, 7) is 1.39. The van der Waals surface area contributed by atoms with E-state index in [1.54, 1.807) is 6.26 Å². The van der Waals surface area contributed by atoms with Gasteiger partial charge in [0.1, 0.15) is 5.75 Å². The molecule has 1 amide bonds. The molecule has 20 heavy (non-hydrogen) atoms. The highest BCUT2D eigenvalue weighted by Gasteiger charge is 2.37. The van der Waals surface area contributed by atoms with Crippen molar-refractivity contribution in [2.45, 2.75) is 19.3 Å². The average Bonchev–Trinajstić information content (AvgIpc) is 2.39. The molecule has 1 aliphatic heterocycles. The quantitative estimate of drug-likeness (QED) is 0.820. The molecule has 0 radical (unpaired) electrons. The molecule has 0 spiro atoms. The van der Waals surface area contributed by atoms with Gasteiger partial charge in [-0.25, -0.2) is 8.78 Å². The first-order valence-corrected chi connectivity index (χ1v) is 7.44. The van der Waals surface area contributed by atoms with Crippen LogP contribution in [0.15, 0.2) is 6.07 Å². The minimum atomic E-state index is -1.28. The lowest BCUT2D eigenvalue weighted by atomic mass is 9.72. The molecular formula is C12H14BF2NO3S. The van der Waals surface area contributed by atoms with Crippen LogP contribution in [0.2, 0.25) is 0 Å². The number of carbonyl (C=O) groups excluding carboxylic acids is 1. The van der Waals surface area contributed by atoms with E-state index in [-0.39, 0.29) is 29.4 Å². The Morgan fingerprint density at radius 1 is 1.65 bits per heavy atom. The molecule has 0 bridgehead atoms. The predicted octanol–water partition coefficient (Wildman–Crippen LogP) is 1.08. The third-order valence-corrected chi connectivity index (χ3v) is 3.67. The minimum Gasteiger partial charge on any atom is -0.534 e. The Morgan fingerprint density at radius 3 is 3.00 bits per heavy atom. The average molecular weight is 301 g/mol. The van der Waals surface area contributed by atoms with E-state index >= 15 is 0 Å². The van der Waals surface area contributed by atoms with Gasteiger partial charge in [0.25, 0.3) is 0 Å². The van der Waals surface area contributed by atoms with E-state index in [2.05, 4.69) is 5.32 Å². The van der Waals surface area contributed by atoms with Crippen molar-refractivity contribution in [2.24, 2.45) is 0 Å². The predicted molar refractivity (Wildman–Crippen MR) is 73.7 cm³/mol. The molecule has 4 nitrogen and oxygen atoms in total. The van der Waals surface area contributed by atoms with Crippen molar-refractivity contribution in [3.05, 3.63) is 28.8 Å². The molecule has 108 valence electrons. The van der Waals surface area contributed by atoms with Crippen LogP contribution >= 0.6 is 11.8 Å². The Morgan fingerprint density at radius 2 is 2.35 bits per heavy atom. The highest BCUT2D eigenvalue weighted by Crippen LogP contribution is 2.32. The fraction of sp³-hybridized carbons (Fsp3) is 0.417. The zero-order chi connectivity index (χ0) is 14.9. The Kier molecular flexibility index (Phi) is 4.54. The van der Waals surface area contributed by atoms with Crippen LogP contribution in [-0.4, -0.2) is 36.0 Å². The van der Waals surface area contributed by atoms with E-state index < -0.39 is 24.7 Å². The number of hydrogen-bond acceptors (Lipinski definition) is 4. The van der Waals surface area contributed by atoms with Gasteiger partial charge in [0.05, 0.1) is 11.7 Å². The summed E-state index contributed by atoms with van der Waals surface area (Å²) in [5.41, 5.74) is 0.453. The maximum absolute atomic E-state index is 13.4. The number of benzene rings is 1. The van der Waals surface area contributed by atoms with Crippen molar-refractivity contribution in [2.75, 3.05) is 12.0 Å². The molecule has 1 atom stereocenters. The van der Waals surface area contributed by atoms with Gasteiger partial charge >= 0.3 is 7.12 Å². The Labute approximate surface area is 120 Å². The van der Waals surface area contributed by atoms with Gasteiger partial charge in [-0.15, -0.1) is 0 Å². The van der Waals surface area contributed by atoms with Crippen LogP contribution in [0.1, 0.15) is 11.1 Å². The van der Waals surface area contributed by atoms with Gasteiger partial charge in [0.2, 0.25) is 5.91 Å². The fourth-order valence-corrected chi connectivity index (χ4v) is 2.51. The maximum Gasteiger partial charge on any atom is 0.547 e. The molecule has 1 aromatic rings. The van der Waals surface area contributed by atoms with E-state index in [9.17, 15) is 18.6 Å². The molecule has 1 heterocycles. The molecule has 0 saturated carbocycles. The van der Waals surface area contributed by atoms with Crippen LogP contribution in [0.3, 0.4) is 0 Å². The summed E-state index contributed by atoms with van der Waals surface area (Å²) in [5.74, 6) is -2.46. The van der Waals surface area contributed by atoms with Crippen molar-refractivity contribution in [3.8, 4) is 5.75 Å². The highest BCUT2D eigenvalue weighted by atomic mass is 32.2. The number of halogens is 2. The number of thioether (sulfide) groups is 1. The first-order valence-electron chi connectivity index (χ1n) is 6.04. The number of fused-ring (bicyclic) bond motifs is 1. The van der Waals surface area contributed by atoms with E-state index in [0.717, 1.165) is 6.07 Å². The molecule has 2 rings (SSSR count). The van der Waals surface area contributed by atoms with Gasteiger partial charge in [-0.3, -0.25) is 4.79 Å². The number of carbonyl (C=O) groups is 1. The third kappa shape index (κ3) is 2.91. The Bertz CT molecular complexity index is 544. The lowest BCUT2D eigenvalue weighted by molar-refractivity contribution is -0.118. The summed E-state index contributed by atoms with van der Waals surface area (Å²) >= 11 is 1.35. The van der Waals surface area contributed by atoms with Crippen LogP contribution < -0.4 is 9.97 Å². The molecular weight excluding hydrogens is 287 g/mol. The normalized spacial score (nSPS) is 17.4. The summed E-state index contributed by atoms with van der Waals surface area (Å²) in [5, 5.41) is 12.5. The second-order valence-corrected chi connectivity index (χ2v) is 5.47. The number of rotatable bonds is 3. The largest absolute Gasteiger partial charge is 0.547 e. The minimum absolute atomic E-state index is 0.0212. The summed E-state index contributed by atoms with van der Waals surface area (Å²) in [4.78, 5) is 11.5.